The predicted molar refractivity (Wildman–Crippen MR) is 145 cm³/mol. The topological polar surface area (TPSA) is 188 Å². The molecule has 0 radical (unpaired) electrons. The van der Waals surface area contributed by atoms with Gasteiger partial charge in [0.15, 0.2) is 17.6 Å². The first-order chi connectivity index (χ1) is 19.1. The summed E-state index contributed by atoms with van der Waals surface area (Å²) in [4.78, 5) is 31.8. The number of pyridine rings is 1. The third-order valence-corrected chi connectivity index (χ3v) is 8.41. The van der Waals surface area contributed by atoms with Gasteiger partial charge in [0.2, 0.25) is 0 Å². The monoisotopic (exact) mass is 547 g/mol. The number of carbonyl (C=O) groups is 2. The van der Waals surface area contributed by atoms with Crippen molar-refractivity contribution < 1.29 is 19.4 Å². The van der Waals surface area contributed by atoms with Gasteiger partial charge in [0.05, 0.1) is 30.3 Å². The molecule has 1 aromatic carbocycles. The van der Waals surface area contributed by atoms with Gasteiger partial charge in [0, 0.05) is 24.8 Å². The number of guanidine groups is 2. The van der Waals surface area contributed by atoms with Crippen LogP contribution in [-0.2, 0) is 5.41 Å². The predicted octanol–water partition coefficient (Wildman–Crippen LogP) is -0.554. The van der Waals surface area contributed by atoms with Crippen LogP contribution < -0.4 is 31.3 Å². The first-order valence-corrected chi connectivity index (χ1v) is 13.3. The summed E-state index contributed by atoms with van der Waals surface area (Å²) < 4.78 is 5.92. The number of benzene rings is 1. The van der Waals surface area contributed by atoms with Crippen LogP contribution in [0.1, 0.15) is 46.7 Å². The Kier molecular flexibility index (Phi) is 6.06. The summed E-state index contributed by atoms with van der Waals surface area (Å²) in [6.45, 7) is 4.98. The Morgan fingerprint density at radius 2 is 2.00 bits per heavy atom. The van der Waals surface area contributed by atoms with Gasteiger partial charge in [-0.1, -0.05) is 32.0 Å². The van der Waals surface area contributed by atoms with Crippen molar-refractivity contribution in [2.45, 2.75) is 55.6 Å². The molecule has 40 heavy (non-hydrogen) atoms. The lowest BCUT2D eigenvalue weighted by atomic mass is 9.79. The number of nitrogens with one attached hydrogen (secondary N) is 7. The number of hydrogen-bond donors (Lipinski definition) is 8. The van der Waals surface area contributed by atoms with Crippen molar-refractivity contribution in [1.82, 2.24) is 36.5 Å². The van der Waals surface area contributed by atoms with Crippen molar-refractivity contribution in [3.8, 4) is 5.75 Å². The van der Waals surface area contributed by atoms with Gasteiger partial charge in [-0.2, -0.15) is 0 Å². The number of para-hydroxylation sites is 1. The molecule has 13 heteroatoms. The van der Waals surface area contributed by atoms with Crippen molar-refractivity contribution in [1.29, 1.82) is 10.8 Å². The SMILES string of the molecule is CC1(C)CCOc2c(C(=O)NC3CN4C(=N)N[C@@H](CNC(=O)c5ccccn5)[C@@H]5NC(=N)N[C@@]54[C@@H]3O)cccc21. The second-order valence-electron chi connectivity index (χ2n) is 11.3. The highest BCUT2D eigenvalue weighted by Gasteiger charge is 2.66. The lowest BCUT2D eigenvalue weighted by Crippen LogP contribution is -2.78. The lowest BCUT2D eigenvalue weighted by molar-refractivity contribution is 0.00611. The van der Waals surface area contributed by atoms with Gasteiger partial charge < -0.3 is 41.3 Å². The van der Waals surface area contributed by atoms with Gasteiger partial charge in [-0.3, -0.25) is 25.4 Å². The summed E-state index contributed by atoms with van der Waals surface area (Å²) in [6, 6.07) is 8.64. The number of carbonyl (C=O) groups excluding carboxylic acids is 2. The Bertz CT molecular complexity index is 1380. The number of fused-ring (bicyclic) bond motifs is 1. The van der Waals surface area contributed by atoms with Crippen molar-refractivity contribution in [2.75, 3.05) is 19.7 Å². The smallest absolute Gasteiger partial charge is 0.269 e. The fraction of sp³-hybridized carbons (Fsp3) is 0.444. The molecule has 6 rings (SSSR count). The van der Waals surface area contributed by atoms with E-state index in [1.807, 2.05) is 12.1 Å². The van der Waals surface area contributed by atoms with E-state index in [9.17, 15) is 14.7 Å². The Labute approximate surface area is 231 Å². The fourth-order valence-corrected chi connectivity index (χ4v) is 6.28. The van der Waals surface area contributed by atoms with Crippen LogP contribution in [0.2, 0.25) is 0 Å². The largest absolute Gasteiger partial charge is 0.492 e. The standard InChI is InChI=1S/C27H33N9O4/c1-26(2)9-11-40-19-14(6-5-7-15(19)26)22(38)32-18-13-36-25(29)33-17(12-31-23(39)16-8-3-4-10-30-16)20-27(36,21(18)37)35-24(28)34-20/h3-8,10,17-18,20-21,37H,9,11-13H2,1-2H3,(H2,29,33)(H,31,39)(H,32,38)(H3,28,34,35)/t17-,18?,20-,21+,27-/m0/s1. The normalized spacial score (nSPS) is 29.5. The molecule has 1 aromatic heterocycles. The highest BCUT2D eigenvalue weighted by Crippen LogP contribution is 2.41. The minimum atomic E-state index is -1.29. The molecule has 1 spiro atoms. The summed E-state index contributed by atoms with van der Waals surface area (Å²) in [5.41, 5.74) is 0.197. The van der Waals surface area contributed by atoms with Gasteiger partial charge in [0.25, 0.3) is 11.8 Å². The summed E-state index contributed by atoms with van der Waals surface area (Å²) in [7, 11) is 0. The summed E-state index contributed by atoms with van der Waals surface area (Å²) in [5.74, 6) is -0.217. The van der Waals surface area contributed by atoms with Crippen LogP contribution in [0, 0.1) is 10.8 Å². The minimum Gasteiger partial charge on any atom is -0.492 e. The molecule has 0 saturated carbocycles. The zero-order valence-corrected chi connectivity index (χ0v) is 22.2. The zero-order chi connectivity index (χ0) is 28.2. The molecule has 2 amide bonds. The van der Waals surface area contributed by atoms with E-state index in [4.69, 9.17) is 15.6 Å². The zero-order valence-electron chi connectivity index (χ0n) is 22.2. The first-order valence-electron chi connectivity index (χ1n) is 13.3. The van der Waals surface area contributed by atoms with Crippen molar-refractivity contribution >= 4 is 23.7 Å². The molecule has 3 fully saturated rings. The van der Waals surface area contributed by atoms with Crippen LogP contribution in [0.15, 0.2) is 42.6 Å². The van der Waals surface area contributed by atoms with Crippen LogP contribution in [0.3, 0.4) is 0 Å². The van der Waals surface area contributed by atoms with E-state index in [1.165, 1.54) is 6.20 Å². The summed E-state index contributed by atoms with van der Waals surface area (Å²) in [5, 5.41) is 43.6. The highest BCUT2D eigenvalue weighted by atomic mass is 16.5. The van der Waals surface area contributed by atoms with Gasteiger partial charge in [-0.25, -0.2) is 0 Å². The van der Waals surface area contributed by atoms with Crippen molar-refractivity contribution in [3.63, 3.8) is 0 Å². The maximum atomic E-state index is 13.5. The minimum absolute atomic E-state index is 0.00954. The quantitative estimate of drug-likeness (QED) is 0.243. The number of amides is 2. The van der Waals surface area contributed by atoms with E-state index in [2.05, 4.69) is 45.4 Å². The Balaban J connectivity index is 1.23. The molecule has 0 aliphatic carbocycles. The highest BCUT2D eigenvalue weighted by molar-refractivity contribution is 5.98. The third kappa shape index (κ3) is 3.99. The number of aromatic nitrogens is 1. The number of rotatable bonds is 5. The van der Waals surface area contributed by atoms with E-state index >= 15 is 0 Å². The Hall–Kier alpha value is -4.39. The van der Waals surface area contributed by atoms with Crippen LogP contribution in [0.5, 0.6) is 5.75 Å². The lowest BCUT2D eigenvalue weighted by Gasteiger charge is -2.49. The molecule has 210 valence electrons. The molecule has 8 N–H and O–H groups in total. The number of hydrogen-bond acceptors (Lipinski definition) is 7. The molecule has 2 aromatic rings. The van der Waals surface area contributed by atoms with E-state index in [-0.39, 0.29) is 47.9 Å². The van der Waals surface area contributed by atoms with Crippen LogP contribution >= 0.6 is 0 Å². The van der Waals surface area contributed by atoms with E-state index < -0.39 is 29.9 Å². The second kappa shape index (κ2) is 9.37. The molecule has 5 atom stereocenters. The maximum absolute atomic E-state index is 13.5. The molecular formula is C27H33N9O4. The van der Waals surface area contributed by atoms with E-state index in [0.29, 0.717) is 17.9 Å². The number of aliphatic hydroxyl groups is 1. The second-order valence-corrected chi connectivity index (χ2v) is 11.3. The summed E-state index contributed by atoms with van der Waals surface area (Å²) in [6.07, 6.45) is 1.18. The number of ether oxygens (including phenoxy) is 1. The first kappa shape index (κ1) is 25.9. The Morgan fingerprint density at radius 3 is 2.77 bits per heavy atom. The molecule has 5 heterocycles. The average Bonchev–Trinajstić information content (AvgIpc) is 3.43. The van der Waals surface area contributed by atoms with Gasteiger partial charge in [-0.05, 0) is 30.0 Å². The molecule has 4 aliphatic rings. The molecule has 1 unspecified atom stereocenters. The van der Waals surface area contributed by atoms with Gasteiger partial charge in [-0.15, -0.1) is 0 Å². The van der Waals surface area contributed by atoms with E-state index in [0.717, 1.165) is 12.0 Å². The molecular weight excluding hydrogens is 514 g/mol. The molecule has 0 bridgehead atoms. The summed E-state index contributed by atoms with van der Waals surface area (Å²) >= 11 is 0. The molecule has 13 nitrogen and oxygen atoms in total. The molecule has 3 saturated heterocycles. The molecule has 4 aliphatic heterocycles. The number of aliphatic hydroxyl groups excluding tert-OH is 1. The maximum Gasteiger partial charge on any atom is 0.269 e. The van der Waals surface area contributed by atoms with Crippen LogP contribution in [0.4, 0.5) is 0 Å². The van der Waals surface area contributed by atoms with Crippen molar-refractivity contribution in [3.05, 3.63) is 59.4 Å². The van der Waals surface area contributed by atoms with E-state index in [1.54, 1.807) is 29.2 Å². The Morgan fingerprint density at radius 1 is 1.18 bits per heavy atom. The van der Waals surface area contributed by atoms with Crippen LogP contribution in [0.25, 0.3) is 0 Å². The fourth-order valence-electron chi connectivity index (χ4n) is 6.28. The number of nitrogens with zero attached hydrogens (tertiary/aromatic N) is 2. The average molecular weight is 548 g/mol. The van der Waals surface area contributed by atoms with Gasteiger partial charge >= 0.3 is 0 Å². The van der Waals surface area contributed by atoms with Crippen molar-refractivity contribution in [2.24, 2.45) is 0 Å². The van der Waals surface area contributed by atoms with Gasteiger partial charge in [0.1, 0.15) is 17.5 Å². The van der Waals surface area contributed by atoms with Crippen LogP contribution in [-0.4, -0.2) is 88.3 Å². The third-order valence-electron chi connectivity index (χ3n) is 8.41.